The zero-order chi connectivity index (χ0) is 11.7. The molecule has 0 bridgehead atoms. The van der Waals surface area contributed by atoms with Crippen LogP contribution in [0.4, 0.5) is 0 Å². The highest BCUT2D eigenvalue weighted by molar-refractivity contribution is 4.89. The molecule has 0 amide bonds. The minimum absolute atomic E-state index is 0.0506. The van der Waals surface area contributed by atoms with E-state index in [1.165, 1.54) is 0 Å². The Morgan fingerprint density at radius 3 is 2.69 bits per heavy atom. The number of hydrogen-bond donors (Lipinski definition) is 1. The molecule has 16 heavy (non-hydrogen) atoms. The van der Waals surface area contributed by atoms with Crippen LogP contribution < -0.4 is 0 Å². The summed E-state index contributed by atoms with van der Waals surface area (Å²) < 4.78 is 5.38. The highest BCUT2D eigenvalue weighted by Crippen LogP contribution is 2.33. The number of aryl methyl sites for hydroxylation is 1. The van der Waals surface area contributed by atoms with E-state index in [1.807, 2.05) is 14.0 Å². The molecule has 5 heteroatoms. The summed E-state index contributed by atoms with van der Waals surface area (Å²) in [5.74, 6) is 1.69. The molecule has 0 aliphatic heterocycles. The molecular weight excluding hydrogens is 206 g/mol. The van der Waals surface area contributed by atoms with Crippen LogP contribution in [0.25, 0.3) is 0 Å². The maximum Gasteiger partial charge on any atom is 0.233 e. The van der Waals surface area contributed by atoms with Crippen molar-refractivity contribution >= 4 is 0 Å². The Labute approximate surface area is 95.5 Å². The van der Waals surface area contributed by atoms with E-state index in [-0.39, 0.29) is 12.1 Å². The Balaban J connectivity index is 1.90. The Morgan fingerprint density at radius 2 is 2.19 bits per heavy atom. The topological polar surface area (TPSA) is 62.4 Å². The molecule has 1 aliphatic carbocycles. The van der Waals surface area contributed by atoms with Crippen molar-refractivity contribution in [3.8, 4) is 0 Å². The molecule has 0 saturated heterocycles. The van der Waals surface area contributed by atoms with Gasteiger partial charge in [-0.1, -0.05) is 0 Å². The van der Waals surface area contributed by atoms with Gasteiger partial charge in [0.1, 0.15) is 0 Å². The van der Waals surface area contributed by atoms with E-state index in [0.29, 0.717) is 24.2 Å². The summed E-state index contributed by atoms with van der Waals surface area (Å²) in [5, 5.41) is 17.7. The first-order valence-electron chi connectivity index (χ1n) is 5.76. The van der Waals surface area contributed by atoms with Gasteiger partial charge < -0.3 is 9.52 Å². The molecule has 5 nitrogen and oxygen atoms in total. The summed E-state index contributed by atoms with van der Waals surface area (Å²) >= 11 is 0. The molecule has 1 aromatic heterocycles. The van der Waals surface area contributed by atoms with Crippen LogP contribution in [0.1, 0.15) is 37.6 Å². The predicted molar refractivity (Wildman–Crippen MR) is 58.8 cm³/mol. The molecule has 1 heterocycles. The average molecular weight is 225 g/mol. The number of aliphatic hydroxyl groups excluding tert-OH is 1. The quantitative estimate of drug-likeness (QED) is 0.814. The second-order valence-electron chi connectivity index (χ2n) is 4.68. The molecule has 2 unspecified atom stereocenters. The van der Waals surface area contributed by atoms with Gasteiger partial charge in [0, 0.05) is 13.5 Å². The first kappa shape index (κ1) is 11.5. The van der Waals surface area contributed by atoms with Crippen LogP contribution in [0.3, 0.4) is 0 Å². The number of aromatic nitrogens is 2. The van der Waals surface area contributed by atoms with E-state index >= 15 is 0 Å². The Kier molecular flexibility index (Phi) is 3.25. The third-order valence-corrected chi connectivity index (χ3v) is 3.20. The van der Waals surface area contributed by atoms with Gasteiger partial charge in [0.15, 0.2) is 0 Å². The number of likely N-dealkylation sites (N-methyl/N-ethyl adjacent to an activating group) is 1. The molecule has 0 aromatic carbocycles. The molecule has 0 spiro atoms. The van der Waals surface area contributed by atoms with Crippen LogP contribution in [0.15, 0.2) is 4.42 Å². The van der Waals surface area contributed by atoms with E-state index < -0.39 is 0 Å². The van der Waals surface area contributed by atoms with Crippen LogP contribution in [-0.4, -0.2) is 39.9 Å². The SMILES string of the molecule is Cc1nnc(C(C)N(C)CC(O)C2CC2)o1. The standard InChI is InChI=1S/C11H19N3O2/c1-7(11-13-12-8(2)16-11)14(3)6-10(15)9-4-5-9/h7,9-10,15H,4-6H2,1-3H3. The maximum atomic E-state index is 9.85. The second-order valence-corrected chi connectivity index (χ2v) is 4.68. The van der Waals surface area contributed by atoms with Crippen LogP contribution in [0.5, 0.6) is 0 Å². The van der Waals surface area contributed by atoms with Gasteiger partial charge >= 0.3 is 0 Å². The predicted octanol–water partition coefficient (Wildman–Crippen LogP) is 1.14. The minimum Gasteiger partial charge on any atom is -0.424 e. The van der Waals surface area contributed by atoms with E-state index in [1.54, 1.807) is 6.92 Å². The lowest BCUT2D eigenvalue weighted by Gasteiger charge is -2.24. The highest BCUT2D eigenvalue weighted by Gasteiger charge is 2.31. The summed E-state index contributed by atoms with van der Waals surface area (Å²) in [7, 11) is 1.97. The molecule has 2 rings (SSSR count). The Hall–Kier alpha value is -0.940. The average Bonchev–Trinajstić information content (AvgIpc) is 3.00. The number of aliphatic hydroxyl groups is 1. The third-order valence-electron chi connectivity index (χ3n) is 3.20. The molecule has 1 N–H and O–H groups in total. The molecular formula is C11H19N3O2. The monoisotopic (exact) mass is 225 g/mol. The van der Waals surface area contributed by atoms with E-state index in [2.05, 4.69) is 15.1 Å². The van der Waals surface area contributed by atoms with E-state index in [4.69, 9.17) is 4.42 Å². The largest absolute Gasteiger partial charge is 0.424 e. The summed E-state index contributed by atoms with van der Waals surface area (Å²) in [4.78, 5) is 2.05. The van der Waals surface area contributed by atoms with Crippen molar-refractivity contribution in [1.82, 2.24) is 15.1 Å². The molecule has 1 fully saturated rings. The fraction of sp³-hybridized carbons (Fsp3) is 0.818. The van der Waals surface area contributed by atoms with Gasteiger partial charge in [0.05, 0.1) is 12.1 Å². The zero-order valence-electron chi connectivity index (χ0n) is 10.1. The van der Waals surface area contributed by atoms with Gasteiger partial charge in [-0.25, -0.2) is 0 Å². The maximum absolute atomic E-state index is 9.85. The smallest absolute Gasteiger partial charge is 0.233 e. The lowest BCUT2D eigenvalue weighted by Crippen LogP contribution is -2.32. The van der Waals surface area contributed by atoms with Gasteiger partial charge in [-0.05, 0) is 32.7 Å². The minimum atomic E-state index is -0.225. The van der Waals surface area contributed by atoms with Crippen molar-refractivity contribution < 1.29 is 9.52 Å². The van der Waals surface area contributed by atoms with Crippen molar-refractivity contribution in [3.05, 3.63) is 11.8 Å². The van der Waals surface area contributed by atoms with Gasteiger partial charge in [-0.15, -0.1) is 10.2 Å². The van der Waals surface area contributed by atoms with Crippen LogP contribution in [-0.2, 0) is 0 Å². The van der Waals surface area contributed by atoms with Gasteiger partial charge in [-0.2, -0.15) is 0 Å². The summed E-state index contributed by atoms with van der Waals surface area (Å²) in [5.41, 5.74) is 0. The van der Waals surface area contributed by atoms with Crippen molar-refractivity contribution in [3.63, 3.8) is 0 Å². The van der Waals surface area contributed by atoms with Crippen LogP contribution in [0.2, 0.25) is 0 Å². The molecule has 1 aliphatic rings. The molecule has 0 radical (unpaired) electrons. The Morgan fingerprint density at radius 1 is 1.50 bits per heavy atom. The molecule has 1 saturated carbocycles. The first-order chi connectivity index (χ1) is 7.58. The summed E-state index contributed by atoms with van der Waals surface area (Å²) in [6, 6.07) is 0.0506. The molecule has 1 aromatic rings. The number of rotatable bonds is 5. The lowest BCUT2D eigenvalue weighted by molar-refractivity contribution is 0.0848. The number of hydrogen-bond acceptors (Lipinski definition) is 5. The normalized spacial score (nSPS) is 20.1. The molecule has 90 valence electrons. The fourth-order valence-corrected chi connectivity index (χ4v) is 1.75. The van der Waals surface area contributed by atoms with E-state index in [9.17, 15) is 5.11 Å². The third kappa shape index (κ3) is 2.59. The highest BCUT2D eigenvalue weighted by atomic mass is 16.4. The zero-order valence-corrected chi connectivity index (χ0v) is 10.1. The van der Waals surface area contributed by atoms with Crippen molar-refractivity contribution in [2.75, 3.05) is 13.6 Å². The van der Waals surface area contributed by atoms with Crippen LogP contribution in [0, 0.1) is 12.8 Å². The summed E-state index contributed by atoms with van der Waals surface area (Å²) in [6.45, 7) is 4.45. The van der Waals surface area contributed by atoms with Gasteiger partial charge in [0.2, 0.25) is 11.8 Å². The van der Waals surface area contributed by atoms with Crippen molar-refractivity contribution in [2.45, 2.75) is 38.8 Å². The number of nitrogens with zero attached hydrogens (tertiary/aromatic N) is 3. The van der Waals surface area contributed by atoms with Crippen molar-refractivity contribution in [2.24, 2.45) is 5.92 Å². The fourth-order valence-electron chi connectivity index (χ4n) is 1.75. The van der Waals surface area contributed by atoms with Gasteiger partial charge in [-0.3, -0.25) is 4.90 Å². The van der Waals surface area contributed by atoms with Crippen LogP contribution >= 0.6 is 0 Å². The molecule has 2 atom stereocenters. The lowest BCUT2D eigenvalue weighted by atomic mass is 10.2. The Bertz CT molecular complexity index is 349. The van der Waals surface area contributed by atoms with Gasteiger partial charge in [0.25, 0.3) is 0 Å². The van der Waals surface area contributed by atoms with Crippen molar-refractivity contribution in [1.29, 1.82) is 0 Å². The summed E-state index contributed by atoms with van der Waals surface area (Å²) in [6.07, 6.45) is 2.09. The van der Waals surface area contributed by atoms with E-state index in [0.717, 1.165) is 12.8 Å². The second kappa shape index (κ2) is 4.51. The first-order valence-corrected chi connectivity index (χ1v) is 5.76.